The van der Waals surface area contributed by atoms with Gasteiger partial charge in [0.2, 0.25) is 0 Å². The van der Waals surface area contributed by atoms with Gasteiger partial charge in [0, 0.05) is 20.2 Å². The van der Waals surface area contributed by atoms with Crippen LogP contribution in [-0.2, 0) is 17.7 Å². The second-order valence-corrected chi connectivity index (χ2v) is 5.73. The van der Waals surface area contributed by atoms with Crippen molar-refractivity contribution in [3.05, 3.63) is 35.4 Å². The predicted octanol–water partition coefficient (Wildman–Crippen LogP) is 2.19. The van der Waals surface area contributed by atoms with Crippen LogP contribution in [0.15, 0.2) is 24.3 Å². The molecule has 0 spiro atoms. The zero-order chi connectivity index (χ0) is 13.9. The van der Waals surface area contributed by atoms with Crippen LogP contribution in [-0.4, -0.2) is 36.7 Å². The maximum atomic E-state index is 6.06. The fourth-order valence-electron chi connectivity index (χ4n) is 2.94. The van der Waals surface area contributed by atoms with Gasteiger partial charge in [0.25, 0.3) is 0 Å². The van der Waals surface area contributed by atoms with Crippen LogP contribution in [0.25, 0.3) is 0 Å². The molecule has 106 valence electrons. The standard InChI is InChI=1S/C16H26N2O/c1-13(19-3)16(2,12-17)18-10-6-9-14-7-4-5-8-15(14)11-18/h4-5,7-8,13H,6,9-12,17H2,1-3H3. The summed E-state index contributed by atoms with van der Waals surface area (Å²) in [5.74, 6) is 0. The van der Waals surface area contributed by atoms with Crippen molar-refractivity contribution < 1.29 is 4.74 Å². The van der Waals surface area contributed by atoms with E-state index in [-0.39, 0.29) is 11.6 Å². The summed E-state index contributed by atoms with van der Waals surface area (Å²) in [5, 5.41) is 0. The average Bonchev–Trinajstić information content (AvgIpc) is 2.67. The molecule has 0 aromatic heterocycles. The molecule has 0 amide bonds. The Hall–Kier alpha value is -0.900. The normalized spacial score (nSPS) is 21.3. The third-order valence-corrected chi connectivity index (χ3v) is 4.72. The molecule has 0 bridgehead atoms. The van der Waals surface area contributed by atoms with E-state index in [0.29, 0.717) is 6.54 Å². The van der Waals surface area contributed by atoms with Crippen LogP contribution in [0.2, 0.25) is 0 Å². The lowest BCUT2D eigenvalue weighted by molar-refractivity contribution is -0.0347. The summed E-state index contributed by atoms with van der Waals surface area (Å²) in [7, 11) is 1.77. The molecule has 1 aromatic rings. The number of rotatable bonds is 4. The van der Waals surface area contributed by atoms with Gasteiger partial charge in [-0.25, -0.2) is 0 Å². The smallest absolute Gasteiger partial charge is 0.0736 e. The highest BCUT2D eigenvalue weighted by Gasteiger charge is 2.37. The van der Waals surface area contributed by atoms with Gasteiger partial charge >= 0.3 is 0 Å². The number of benzene rings is 1. The molecule has 1 aliphatic heterocycles. The Morgan fingerprint density at radius 1 is 1.37 bits per heavy atom. The summed E-state index contributed by atoms with van der Waals surface area (Å²) in [5.41, 5.74) is 8.87. The molecule has 1 aromatic carbocycles. The number of aryl methyl sites for hydroxylation is 1. The monoisotopic (exact) mass is 262 g/mol. The second-order valence-electron chi connectivity index (χ2n) is 5.73. The molecule has 0 aliphatic carbocycles. The minimum Gasteiger partial charge on any atom is -0.380 e. The van der Waals surface area contributed by atoms with E-state index < -0.39 is 0 Å². The van der Waals surface area contributed by atoms with Crippen molar-refractivity contribution in [1.29, 1.82) is 0 Å². The van der Waals surface area contributed by atoms with Crippen LogP contribution in [0, 0.1) is 0 Å². The number of hydrogen-bond acceptors (Lipinski definition) is 3. The van der Waals surface area contributed by atoms with E-state index >= 15 is 0 Å². The van der Waals surface area contributed by atoms with Gasteiger partial charge in [0.1, 0.15) is 0 Å². The van der Waals surface area contributed by atoms with Gasteiger partial charge < -0.3 is 10.5 Å². The molecular weight excluding hydrogens is 236 g/mol. The molecule has 1 heterocycles. The predicted molar refractivity (Wildman–Crippen MR) is 79.1 cm³/mol. The van der Waals surface area contributed by atoms with Crippen LogP contribution in [0.4, 0.5) is 0 Å². The Kier molecular flexibility index (Phi) is 4.61. The van der Waals surface area contributed by atoms with Crippen molar-refractivity contribution >= 4 is 0 Å². The Balaban J connectivity index is 2.26. The Morgan fingerprint density at radius 3 is 2.68 bits per heavy atom. The highest BCUT2D eigenvalue weighted by molar-refractivity contribution is 5.28. The molecule has 2 atom stereocenters. The summed E-state index contributed by atoms with van der Waals surface area (Å²) in [6.07, 6.45) is 2.47. The number of ether oxygens (including phenoxy) is 1. The van der Waals surface area contributed by atoms with Crippen molar-refractivity contribution in [3.63, 3.8) is 0 Å². The van der Waals surface area contributed by atoms with Crippen molar-refractivity contribution in [2.75, 3.05) is 20.2 Å². The summed E-state index contributed by atoms with van der Waals surface area (Å²) in [4.78, 5) is 2.49. The highest BCUT2D eigenvalue weighted by Crippen LogP contribution is 2.27. The fourth-order valence-corrected chi connectivity index (χ4v) is 2.94. The number of methoxy groups -OCH3 is 1. The van der Waals surface area contributed by atoms with Gasteiger partial charge in [-0.2, -0.15) is 0 Å². The van der Waals surface area contributed by atoms with E-state index in [4.69, 9.17) is 10.5 Å². The molecule has 0 saturated heterocycles. The Bertz CT molecular complexity index is 421. The number of nitrogens with zero attached hydrogens (tertiary/aromatic N) is 1. The van der Waals surface area contributed by atoms with Crippen molar-refractivity contribution in [2.45, 2.75) is 44.9 Å². The summed E-state index contributed by atoms with van der Waals surface area (Å²) in [6.45, 7) is 7.00. The molecule has 3 heteroatoms. The topological polar surface area (TPSA) is 38.5 Å². The van der Waals surface area contributed by atoms with Crippen LogP contribution in [0.3, 0.4) is 0 Å². The third-order valence-electron chi connectivity index (χ3n) is 4.72. The van der Waals surface area contributed by atoms with Crippen LogP contribution < -0.4 is 5.73 Å². The maximum Gasteiger partial charge on any atom is 0.0736 e. The fraction of sp³-hybridized carbons (Fsp3) is 0.625. The lowest BCUT2D eigenvalue weighted by Crippen LogP contribution is -2.58. The quantitative estimate of drug-likeness (QED) is 0.904. The van der Waals surface area contributed by atoms with Gasteiger partial charge in [-0.15, -0.1) is 0 Å². The Labute approximate surface area is 116 Å². The van der Waals surface area contributed by atoms with Crippen molar-refractivity contribution in [3.8, 4) is 0 Å². The zero-order valence-electron chi connectivity index (χ0n) is 12.4. The van der Waals surface area contributed by atoms with E-state index in [1.807, 2.05) is 0 Å². The lowest BCUT2D eigenvalue weighted by atomic mass is 9.92. The largest absolute Gasteiger partial charge is 0.380 e. The number of nitrogens with two attached hydrogens (primary N) is 1. The first-order valence-corrected chi connectivity index (χ1v) is 7.16. The first-order chi connectivity index (χ1) is 9.11. The number of fused-ring (bicyclic) bond motifs is 1. The molecular formula is C16H26N2O. The second kappa shape index (κ2) is 6.04. The molecule has 0 saturated carbocycles. The molecule has 1 aliphatic rings. The van der Waals surface area contributed by atoms with Gasteiger partial charge in [-0.3, -0.25) is 4.90 Å². The number of hydrogen-bond donors (Lipinski definition) is 1. The SMILES string of the molecule is COC(C)C(C)(CN)N1CCCc2ccccc2C1. The Morgan fingerprint density at radius 2 is 2.05 bits per heavy atom. The van der Waals surface area contributed by atoms with E-state index in [1.54, 1.807) is 7.11 Å². The molecule has 0 radical (unpaired) electrons. The third kappa shape index (κ3) is 2.83. The van der Waals surface area contributed by atoms with Gasteiger partial charge in [-0.05, 0) is 44.4 Å². The van der Waals surface area contributed by atoms with Crippen molar-refractivity contribution in [2.24, 2.45) is 5.73 Å². The summed E-state index contributed by atoms with van der Waals surface area (Å²) < 4.78 is 5.57. The zero-order valence-corrected chi connectivity index (χ0v) is 12.4. The van der Waals surface area contributed by atoms with E-state index in [9.17, 15) is 0 Å². The average molecular weight is 262 g/mol. The van der Waals surface area contributed by atoms with Crippen molar-refractivity contribution in [1.82, 2.24) is 4.90 Å². The first kappa shape index (κ1) is 14.5. The minimum absolute atomic E-state index is 0.105. The van der Waals surface area contributed by atoms with Gasteiger partial charge in [-0.1, -0.05) is 24.3 Å². The van der Waals surface area contributed by atoms with Crippen LogP contribution in [0.1, 0.15) is 31.4 Å². The lowest BCUT2D eigenvalue weighted by Gasteiger charge is -2.43. The van der Waals surface area contributed by atoms with E-state index in [2.05, 4.69) is 43.0 Å². The first-order valence-electron chi connectivity index (χ1n) is 7.16. The minimum atomic E-state index is -0.105. The molecule has 2 rings (SSSR count). The van der Waals surface area contributed by atoms with E-state index in [0.717, 1.165) is 19.5 Å². The van der Waals surface area contributed by atoms with Crippen LogP contribution in [0.5, 0.6) is 0 Å². The summed E-state index contributed by atoms with van der Waals surface area (Å²) in [6, 6.07) is 8.75. The highest BCUT2D eigenvalue weighted by atomic mass is 16.5. The summed E-state index contributed by atoms with van der Waals surface area (Å²) >= 11 is 0. The van der Waals surface area contributed by atoms with E-state index in [1.165, 1.54) is 17.5 Å². The molecule has 2 unspecified atom stereocenters. The van der Waals surface area contributed by atoms with Gasteiger partial charge in [0.15, 0.2) is 0 Å². The molecule has 19 heavy (non-hydrogen) atoms. The maximum absolute atomic E-state index is 6.06. The van der Waals surface area contributed by atoms with Gasteiger partial charge in [0.05, 0.1) is 11.6 Å². The van der Waals surface area contributed by atoms with Crippen LogP contribution >= 0.6 is 0 Å². The molecule has 2 N–H and O–H groups in total. The molecule has 0 fully saturated rings. The molecule has 3 nitrogen and oxygen atoms in total.